The molecule has 0 aliphatic rings. The molecule has 0 aliphatic heterocycles. The van der Waals surface area contributed by atoms with Crippen molar-refractivity contribution < 1.29 is 5.11 Å². The smallest absolute Gasteiger partial charge is 0.0558 e. The summed E-state index contributed by atoms with van der Waals surface area (Å²) in [6, 6.07) is 0. The topological polar surface area (TPSA) is 23.5 Å². The molecule has 0 saturated heterocycles. The highest BCUT2D eigenvalue weighted by Gasteiger charge is 2.14. The zero-order valence-electron chi connectivity index (χ0n) is 8.96. The molecule has 1 N–H and O–H groups in total. The van der Waals surface area contributed by atoms with Gasteiger partial charge in [-0.1, -0.05) is 36.7 Å². The highest BCUT2D eigenvalue weighted by atomic mass is 79.9. The van der Waals surface area contributed by atoms with E-state index in [9.17, 15) is 0 Å². The molecule has 0 bridgehead atoms. The van der Waals surface area contributed by atoms with E-state index < -0.39 is 0 Å². The zero-order chi connectivity index (χ0) is 10.3. The Labute approximate surface area is 90.4 Å². The molecule has 3 heteroatoms. The van der Waals surface area contributed by atoms with Crippen LogP contribution in [-0.2, 0) is 0 Å². The number of hydrogen-bond donors (Lipinski definition) is 1. The molecule has 0 amide bonds. The summed E-state index contributed by atoms with van der Waals surface area (Å²) in [6.45, 7) is 9.81. The minimum Gasteiger partial charge on any atom is -0.395 e. The average molecular weight is 252 g/mol. The zero-order valence-corrected chi connectivity index (χ0v) is 10.5. The molecule has 0 radical (unpaired) electrons. The van der Waals surface area contributed by atoms with Gasteiger partial charge in [0.2, 0.25) is 0 Å². The van der Waals surface area contributed by atoms with E-state index >= 15 is 0 Å². The van der Waals surface area contributed by atoms with Crippen molar-refractivity contribution in [1.29, 1.82) is 0 Å². The second kappa shape index (κ2) is 7.77. The molecule has 0 heterocycles. The summed E-state index contributed by atoms with van der Waals surface area (Å²) in [4.78, 5) is 2.30. The third kappa shape index (κ3) is 5.66. The fourth-order valence-electron chi connectivity index (χ4n) is 1.29. The second-order valence-corrected chi connectivity index (χ2v) is 4.42. The van der Waals surface area contributed by atoms with Gasteiger partial charge in [-0.05, 0) is 18.4 Å². The Morgan fingerprint density at radius 3 is 2.31 bits per heavy atom. The third-order valence-electron chi connectivity index (χ3n) is 2.50. The number of hydrogen-bond acceptors (Lipinski definition) is 2. The van der Waals surface area contributed by atoms with Gasteiger partial charge in [-0.2, -0.15) is 0 Å². The van der Waals surface area contributed by atoms with Crippen molar-refractivity contribution in [3.8, 4) is 0 Å². The lowest BCUT2D eigenvalue weighted by molar-refractivity contribution is 0.173. The van der Waals surface area contributed by atoms with Gasteiger partial charge >= 0.3 is 0 Å². The third-order valence-corrected chi connectivity index (χ3v) is 3.33. The number of aliphatic hydroxyl groups excluding tert-OH is 1. The molecule has 0 aliphatic carbocycles. The summed E-state index contributed by atoms with van der Waals surface area (Å²) < 4.78 is 0. The van der Waals surface area contributed by atoms with Crippen LogP contribution in [-0.4, -0.2) is 41.6 Å². The van der Waals surface area contributed by atoms with Gasteiger partial charge in [-0.15, -0.1) is 0 Å². The van der Waals surface area contributed by atoms with Crippen molar-refractivity contribution in [3.05, 3.63) is 0 Å². The van der Waals surface area contributed by atoms with Gasteiger partial charge in [0, 0.05) is 18.4 Å². The van der Waals surface area contributed by atoms with Gasteiger partial charge in [-0.25, -0.2) is 0 Å². The Hall–Kier alpha value is 0.400. The van der Waals surface area contributed by atoms with E-state index in [4.69, 9.17) is 5.11 Å². The maximum atomic E-state index is 8.84. The number of halogens is 1. The Kier molecular flexibility index (Phi) is 8.01. The average Bonchev–Trinajstić information content (AvgIpc) is 2.11. The molecule has 0 aromatic rings. The predicted octanol–water partition coefficient (Wildman–Crippen LogP) is 1.97. The van der Waals surface area contributed by atoms with Crippen molar-refractivity contribution >= 4 is 15.9 Å². The SMILES string of the molecule is CCN(CCO)CC(CBr)C(C)C. The Balaban J connectivity index is 3.87. The highest BCUT2D eigenvalue weighted by molar-refractivity contribution is 9.09. The van der Waals surface area contributed by atoms with E-state index in [1.165, 1.54) is 0 Å². The van der Waals surface area contributed by atoms with Crippen LogP contribution >= 0.6 is 15.9 Å². The number of aliphatic hydroxyl groups is 1. The van der Waals surface area contributed by atoms with Crippen molar-refractivity contribution in [3.63, 3.8) is 0 Å². The lowest BCUT2D eigenvalue weighted by atomic mass is 9.97. The van der Waals surface area contributed by atoms with Crippen molar-refractivity contribution in [1.82, 2.24) is 4.90 Å². The molecule has 0 aromatic carbocycles. The molecular formula is C10H22BrNO. The van der Waals surface area contributed by atoms with Crippen LogP contribution in [0.1, 0.15) is 20.8 Å². The fraction of sp³-hybridized carbons (Fsp3) is 1.00. The first-order valence-electron chi connectivity index (χ1n) is 5.04. The van der Waals surface area contributed by atoms with Crippen LogP contribution in [0.15, 0.2) is 0 Å². The number of nitrogens with zero attached hydrogens (tertiary/aromatic N) is 1. The summed E-state index contributed by atoms with van der Waals surface area (Å²) >= 11 is 3.54. The van der Waals surface area contributed by atoms with Crippen molar-refractivity contribution in [2.75, 3.05) is 31.6 Å². The first-order chi connectivity index (χ1) is 6.15. The quantitative estimate of drug-likeness (QED) is 0.700. The second-order valence-electron chi connectivity index (χ2n) is 3.78. The Morgan fingerprint density at radius 1 is 1.38 bits per heavy atom. The molecule has 13 heavy (non-hydrogen) atoms. The minimum absolute atomic E-state index is 0.265. The number of likely N-dealkylation sites (N-methyl/N-ethyl adjacent to an activating group) is 1. The van der Waals surface area contributed by atoms with E-state index in [2.05, 4.69) is 41.6 Å². The minimum atomic E-state index is 0.265. The number of rotatable bonds is 7. The van der Waals surface area contributed by atoms with E-state index in [1.807, 2.05) is 0 Å². The monoisotopic (exact) mass is 251 g/mol. The van der Waals surface area contributed by atoms with Crippen LogP contribution in [0.3, 0.4) is 0 Å². The van der Waals surface area contributed by atoms with E-state index in [-0.39, 0.29) is 6.61 Å². The standard InChI is InChI=1S/C10H22BrNO/c1-4-12(5-6-13)8-10(7-11)9(2)3/h9-10,13H,4-8H2,1-3H3. The lowest BCUT2D eigenvalue weighted by Crippen LogP contribution is -2.34. The Morgan fingerprint density at radius 2 is 2.00 bits per heavy atom. The van der Waals surface area contributed by atoms with E-state index in [0.29, 0.717) is 11.8 Å². The molecule has 2 nitrogen and oxygen atoms in total. The van der Waals surface area contributed by atoms with Gasteiger partial charge in [0.05, 0.1) is 6.61 Å². The molecule has 1 unspecified atom stereocenters. The summed E-state index contributed by atoms with van der Waals surface area (Å²) in [5.41, 5.74) is 0. The summed E-state index contributed by atoms with van der Waals surface area (Å²) in [5.74, 6) is 1.39. The van der Waals surface area contributed by atoms with Crippen molar-refractivity contribution in [2.45, 2.75) is 20.8 Å². The van der Waals surface area contributed by atoms with E-state index in [0.717, 1.165) is 25.0 Å². The number of alkyl halides is 1. The summed E-state index contributed by atoms with van der Waals surface area (Å²) in [5, 5.41) is 9.89. The molecule has 0 aromatic heterocycles. The largest absolute Gasteiger partial charge is 0.395 e. The van der Waals surface area contributed by atoms with Gasteiger partial charge in [0.1, 0.15) is 0 Å². The normalized spacial score (nSPS) is 14.1. The Bertz CT molecular complexity index is 119. The maximum absolute atomic E-state index is 8.84. The summed E-state index contributed by atoms with van der Waals surface area (Å²) in [6.07, 6.45) is 0. The first-order valence-corrected chi connectivity index (χ1v) is 6.17. The van der Waals surface area contributed by atoms with Gasteiger partial charge in [-0.3, -0.25) is 0 Å². The molecular weight excluding hydrogens is 230 g/mol. The first kappa shape index (κ1) is 13.4. The fourth-order valence-corrected chi connectivity index (χ4v) is 2.24. The predicted molar refractivity (Wildman–Crippen MR) is 61.3 cm³/mol. The molecule has 0 spiro atoms. The molecule has 0 fully saturated rings. The summed E-state index contributed by atoms with van der Waals surface area (Å²) in [7, 11) is 0. The van der Waals surface area contributed by atoms with E-state index in [1.54, 1.807) is 0 Å². The molecule has 0 saturated carbocycles. The van der Waals surface area contributed by atoms with Crippen LogP contribution in [0, 0.1) is 11.8 Å². The molecule has 1 atom stereocenters. The van der Waals surface area contributed by atoms with Gasteiger partial charge in [0.25, 0.3) is 0 Å². The van der Waals surface area contributed by atoms with Crippen LogP contribution in [0.25, 0.3) is 0 Å². The maximum Gasteiger partial charge on any atom is 0.0558 e. The lowest BCUT2D eigenvalue weighted by Gasteiger charge is -2.26. The van der Waals surface area contributed by atoms with Crippen LogP contribution < -0.4 is 0 Å². The van der Waals surface area contributed by atoms with Crippen LogP contribution in [0.4, 0.5) is 0 Å². The van der Waals surface area contributed by atoms with Crippen LogP contribution in [0.2, 0.25) is 0 Å². The molecule has 80 valence electrons. The highest BCUT2D eigenvalue weighted by Crippen LogP contribution is 2.14. The van der Waals surface area contributed by atoms with Gasteiger partial charge < -0.3 is 10.0 Å². The van der Waals surface area contributed by atoms with Gasteiger partial charge in [0.15, 0.2) is 0 Å². The molecule has 0 rings (SSSR count). The van der Waals surface area contributed by atoms with Crippen LogP contribution in [0.5, 0.6) is 0 Å². The van der Waals surface area contributed by atoms with Crippen molar-refractivity contribution in [2.24, 2.45) is 11.8 Å².